The SMILES string of the molecule is Cc1ccnc(NC(=O)CSc2nnc(-c3ccc(C)c(C)c3)n2-c2ccccc2)c1. The summed E-state index contributed by atoms with van der Waals surface area (Å²) in [7, 11) is 0. The number of amides is 1. The third kappa shape index (κ3) is 4.83. The smallest absolute Gasteiger partial charge is 0.236 e. The molecule has 0 bridgehead atoms. The average molecular weight is 430 g/mol. The van der Waals surface area contributed by atoms with Gasteiger partial charge in [0.25, 0.3) is 0 Å². The molecule has 156 valence electrons. The molecule has 4 rings (SSSR count). The van der Waals surface area contributed by atoms with Crippen molar-refractivity contribution in [1.29, 1.82) is 0 Å². The van der Waals surface area contributed by atoms with E-state index >= 15 is 0 Å². The first kappa shape index (κ1) is 20.8. The highest BCUT2D eigenvalue weighted by atomic mass is 32.2. The third-order valence-electron chi connectivity index (χ3n) is 4.93. The van der Waals surface area contributed by atoms with Crippen LogP contribution in [0.5, 0.6) is 0 Å². The standard InChI is InChI=1S/C24H23N5OS/c1-16-11-12-25-21(13-16)26-22(30)15-31-24-28-27-23(19-10-9-17(2)18(3)14-19)29(24)20-7-5-4-6-8-20/h4-14H,15H2,1-3H3,(H,25,26,30). The van der Waals surface area contributed by atoms with Crippen molar-refractivity contribution in [2.24, 2.45) is 0 Å². The molecule has 31 heavy (non-hydrogen) atoms. The molecule has 7 heteroatoms. The minimum absolute atomic E-state index is 0.140. The van der Waals surface area contributed by atoms with E-state index in [1.54, 1.807) is 6.20 Å². The molecule has 6 nitrogen and oxygen atoms in total. The first-order valence-electron chi connectivity index (χ1n) is 9.95. The number of anilines is 1. The van der Waals surface area contributed by atoms with E-state index in [0.29, 0.717) is 11.0 Å². The number of carbonyl (C=O) groups excluding carboxylic acids is 1. The Hall–Kier alpha value is -3.45. The monoisotopic (exact) mass is 429 g/mol. The van der Waals surface area contributed by atoms with Crippen LogP contribution >= 0.6 is 11.8 Å². The molecule has 2 aromatic heterocycles. The Bertz CT molecular complexity index is 1220. The predicted octanol–water partition coefficient (Wildman–Crippen LogP) is 4.99. The van der Waals surface area contributed by atoms with Crippen LogP contribution in [0.1, 0.15) is 16.7 Å². The molecule has 0 saturated carbocycles. The topological polar surface area (TPSA) is 72.7 Å². The molecule has 0 aliphatic heterocycles. The molecule has 0 spiro atoms. The molecule has 0 radical (unpaired) electrons. The molecular formula is C24H23N5OS. The second-order valence-corrected chi connectivity index (χ2v) is 8.27. The third-order valence-corrected chi connectivity index (χ3v) is 5.86. The van der Waals surface area contributed by atoms with Crippen LogP contribution < -0.4 is 5.32 Å². The fourth-order valence-corrected chi connectivity index (χ4v) is 3.91. The number of nitrogens with one attached hydrogen (secondary N) is 1. The van der Waals surface area contributed by atoms with Crippen molar-refractivity contribution in [3.8, 4) is 17.1 Å². The number of para-hydroxylation sites is 1. The van der Waals surface area contributed by atoms with Gasteiger partial charge in [-0.2, -0.15) is 0 Å². The van der Waals surface area contributed by atoms with Gasteiger partial charge in [0.05, 0.1) is 5.75 Å². The highest BCUT2D eigenvalue weighted by Gasteiger charge is 2.17. The van der Waals surface area contributed by atoms with E-state index in [2.05, 4.69) is 52.5 Å². The molecule has 0 atom stereocenters. The predicted molar refractivity (Wildman–Crippen MR) is 125 cm³/mol. The molecule has 1 amide bonds. The van der Waals surface area contributed by atoms with Crippen LogP contribution in [0, 0.1) is 20.8 Å². The molecule has 0 saturated heterocycles. The highest BCUT2D eigenvalue weighted by Crippen LogP contribution is 2.29. The first-order chi connectivity index (χ1) is 15.0. The van der Waals surface area contributed by atoms with Crippen molar-refractivity contribution in [3.05, 3.63) is 83.6 Å². The Morgan fingerprint density at radius 1 is 0.968 bits per heavy atom. The summed E-state index contributed by atoms with van der Waals surface area (Å²) in [5.41, 5.74) is 5.40. The summed E-state index contributed by atoms with van der Waals surface area (Å²) in [6.07, 6.45) is 1.68. The average Bonchev–Trinajstić information content (AvgIpc) is 3.19. The molecule has 1 N–H and O–H groups in total. The zero-order valence-corrected chi connectivity index (χ0v) is 18.5. The van der Waals surface area contributed by atoms with Gasteiger partial charge in [0.2, 0.25) is 5.91 Å². The van der Waals surface area contributed by atoms with Crippen molar-refractivity contribution in [3.63, 3.8) is 0 Å². The molecule has 0 aliphatic carbocycles. The van der Waals surface area contributed by atoms with Gasteiger partial charge in [-0.05, 0) is 67.8 Å². The summed E-state index contributed by atoms with van der Waals surface area (Å²) >= 11 is 1.35. The summed E-state index contributed by atoms with van der Waals surface area (Å²) in [4.78, 5) is 16.7. The van der Waals surface area contributed by atoms with Gasteiger partial charge in [-0.3, -0.25) is 9.36 Å². The number of aryl methyl sites for hydroxylation is 3. The Labute approximate surface area is 185 Å². The van der Waals surface area contributed by atoms with Crippen molar-refractivity contribution < 1.29 is 4.79 Å². The maximum atomic E-state index is 12.5. The van der Waals surface area contributed by atoms with E-state index in [4.69, 9.17) is 0 Å². The van der Waals surface area contributed by atoms with Gasteiger partial charge < -0.3 is 5.32 Å². The van der Waals surface area contributed by atoms with Gasteiger partial charge in [-0.15, -0.1) is 10.2 Å². The van der Waals surface area contributed by atoms with Gasteiger partial charge in [-0.25, -0.2) is 4.98 Å². The number of carbonyl (C=O) groups is 1. The number of nitrogens with zero attached hydrogens (tertiary/aromatic N) is 4. The van der Waals surface area contributed by atoms with Crippen LogP contribution in [0.4, 0.5) is 5.82 Å². The molecule has 4 aromatic rings. The number of benzene rings is 2. The lowest BCUT2D eigenvalue weighted by Crippen LogP contribution is -2.15. The quantitative estimate of drug-likeness (QED) is 0.437. The van der Waals surface area contributed by atoms with E-state index in [0.717, 1.165) is 22.6 Å². The molecule has 0 aliphatic rings. The van der Waals surface area contributed by atoms with Crippen molar-refractivity contribution in [2.45, 2.75) is 25.9 Å². The molecule has 2 heterocycles. The number of hydrogen-bond acceptors (Lipinski definition) is 5. The lowest BCUT2D eigenvalue weighted by molar-refractivity contribution is -0.113. The highest BCUT2D eigenvalue weighted by molar-refractivity contribution is 7.99. The van der Waals surface area contributed by atoms with Crippen molar-refractivity contribution >= 4 is 23.5 Å². The summed E-state index contributed by atoms with van der Waals surface area (Å²) in [5, 5.41) is 12.3. The minimum Gasteiger partial charge on any atom is -0.310 e. The van der Waals surface area contributed by atoms with Crippen LogP contribution in [0.15, 0.2) is 72.0 Å². The zero-order chi connectivity index (χ0) is 21.8. The number of thioether (sulfide) groups is 1. The van der Waals surface area contributed by atoms with Crippen LogP contribution in [-0.4, -0.2) is 31.4 Å². The summed E-state index contributed by atoms with van der Waals surface area (Å²) in [6, 6.07) is 19.9. The Balaban J connectivity index is 1.61. The van der Waals surface area contributed by atoms with E-state index in [1.807, 2.05) is 54.0 Å². The van der Waals surface area contributed by atoms with Crippen LogP contribution in [0.25, 0.3) is 17.1 Å². The van der Waals surface area contributed by atoms with Gasteiger partial charge in [0.15, 0.2) is 11.0 Å². The van der Waals surface area contributed by atoms with Crippen LogP contribution in [0.2, 0.25) is 0 Å². The second-order valence-electron chi connectivity index (χ2n) is 7.33. The van der Waals surface area contributed by atoms with Gasteiger partial charge in [0.1, 0.15) is 5.82 Å². The number of rotatable bonds is 6. The van der Waals surface area contributed by atoms with Crippen molar-refractivity contribution in [1.82, 2.24) is 19.7 Å². The fourth-order valence-electron chi connectivity index (χ4n) is 3.15. The van der Waals surface area contributed by atoms with Crippen molar-refractivity contribution in [2.75, 3.05) is 11.1 Å². The lowest BCUT2D eigenvalue weighted by atomic mass is 10.1. The summed E-state index contributed by atoms with van der Waals surface area (Å²) in [5.74, 6) is 1.36. The first-order valence-corrected chi connectivity index (χ1v) is 10.9. The van der Waals surface area contributed by atoms with E-state index in [-0.39, 0.29) is 11.7 Å². The lowest BCUT2D eigenvalue weighted by Gasteiger charge is -2.11. The normalized spacial score (nSPS) is 10.8. The number of pyridine rings is 1. The van der Waals surface area contributed by atoms with Gasteiger partial charge in [0, 0.05) is 17.4 Å². The van der Waals surface area contributed by atoms with E-state index in [9.17, 15) is 4.79 Å². The summed E-state index contributed by atoms with van der Waals surface area (Å²) < 4.78 is 1.99. The minimum atomic E-state index is -0.140. The molecule has 2 aromatic carbocycles. The maximum absolute atomic E-state index is 12.5. The van der Waals surface area contributed by atoms with Crippen LogP contribution in [-0.2, 0) is 4.79 Å². The largest absolute Gasteiger partial charge is 0.310 e. The number of hydrogen-bond donors (Lipinski definition) is 1. The maximum Gasteiger partial charge on any atom is 0.236 e. The van der Waals surface area contributed by atoms with Gasteiger partial charge in [-0.1, -0.05) is 42.1 Å². The molecule has 0 fully saturated rings. The fraction of sp³-hybridized carbons (Fsp3) is 0.167. The Morgan fingerprint density at radius 2 is 1.77 bits per heavy atom. The number of aromatic nitrogens is 4. The van der Waals surface area contributed by atoms with Crippen LogP contribution in [0.3, 0.4) is 0 Å². The van der Waals surface area contributed by atoms with Gasteiger partial charge >= 0.3 is 0 Å². The van der Waals surface area contributed by atoms with E-state index in [1.165, 1.54) is 22.9 Å². The summed E-state index contributed by atoms with van der Waals surface area (Å²) in [6.45, 7) is 6.13. The molecule has 0 unspecified atom stereocenters. The second kappa shape index (κ2) is 9.14. The Kier molecular flexibility index (Phi) is 6.13. The van der Waals surface area contributed by atoms with E-state index < -0.39 is 0 Å². The molecular weight excluding hydrogens is 406 g/mol. The Morgan fingerprint density at radius 3 is 2.52 bits per heavy atom. The zero-order valence-electron chi connectivity index (χ0n) is 17.7.